The Bertz CT molecular complexity index is 402. The fraction of sp³-hybridized carbons (Fsp3) is 0.615. The van der Waals surface area contributed by atoms with Crippen molar-refractivity contribution < 1.29 is 9.53 Å². The highest BCUT2D eigenvalue weighted by molar-refractivity contribution is 5.91. The summed E-state index contributed by atoms with van der Waals surface area (Å²) in [6.07, 6.45) is 4.91. The van der Waals surface area contributed by atoms with Crippen LogP contribution in [-0.4, -0.2) is 42.4 Å². The predicted molar refractivity (Wildman–Crippen MR) is 72.1 cm³/mol. The average Bonchev–Trinajstić information content (AvgIpc) is 2.48. The molecule has 1 aliphatic heterocycles. The Kier molecular flexibility index (Phi) is 5.09. The third-order valence-electron chi connectivity index (χ3n) is 3.17. The van der Waals surface area contributed by atoms with Crippen molar-refractivity contribution in [3.8, 4) is 0 Å². The number of hydrogen-bond acceptors (Lipinski definition) is 5. The van der Waals surface area contributed by atoms with E-state index in [1.807, 2.05) is 0 Å². The number of carbonyl (C=O) groups is 1. The van der Waals surface area contributed by atoms with Gasteiger partial charge in [0.1, 0.15) is 5.82 Å². The lowest BCUT2D eigenvalue weighted by Gasteiger charge is -2.22. The van der Waals surface area contributed by atoms with Gasteiger partial charge in [-0.15, -0.1) is 10.2 Å². The minimum absolute atomic E-state index is 0.227. The van der Waals surface area contributed by atoms with Gasteiger partial charge in [0.2, 0.25) is 0 Å². The molecule has 1 fully saturated rings. The molecular weight excluding hydrogens is 244 g/mol. The molecule has 6 nitrogen and oxygen atoms in total. The first-order chi connectivity index (χ1) is 9.29. The molecule has 0 aliphatic carbocycles. The Hall–Kier alpha value is -1.69. The van der Waals surface area contributed by atoms with Crippen molar-refractivity contribution in [1.29, 1.82) is 0 Å². The summed E-state index contributed by atoms with van der Waals surface area (Å²) in [5, 5.41) is 13.5. The molecule has 1 unspecified atom stereocenters. The third-order valence-corrected chi connectivity index (χ3v) is 3.17. The minimum atomic E-state index is -0.227. The van der Waals surface area contributed by atoms with E-state index in [-0.39, 0.29) is 5.91 Å². The molecule has 1 aromatic heterocycles. The number of ether oxygens (including phenoxy) is 1. The summed E-state index contributed by atoms with van der Waals surface area (Å²) in [6.45, 7) is 1.68. The second-order valence-electron chi connectivity index (χ2n) is 4.59. The van der Waals surface area contributed by atoms with Gasteiger partial charge in [-0.05, 0) is 37.8 Å². The number of nitrogens with zero attached hydrogens (tertiary/aromatic N) is 2. The van der Waals surface area contributed by atoms with Gasteiger partial charge in [-0.2, -0.15) is 0 Å². The highest BCUT2D eigenvalue weighted by Crippen LogP contribution is 2.15. The molecule has 0 radical (unpaired) electrons. The summed E-state index contributed by atoms with van der Waals surface area (Å²) >= 11 is 0. The van der Waals surface area contributed by atoms with Gasteiger partial charge in [0.15, 0.2) is 5.69 Å². The van der Waals surface area contributed by atoms with Crippen molar-refractivity contribution in [1.82, 2.24) is 15.5 Å². The Morgan fingerprint density at radius 3 is 2.95 bits per heavy atom. The summed E-state index contributed by atoms with van der Waals surface area (Å²) in [4.78, 5) is 11.3. The molecule has 2 heterocycles. The van der Waals surface area contributed by atoms with E-state index in [4.69, 9.17) is 4.74 Å². The molecule has 0 aromatic carbocycles. The van der Waals surface area contributed by atoms with E-state index in [1.54, 1.807) is 19.2 Å². The van der Waals surface area contributed by atoms with E-state index in [2.05, 4.69) is 20.8 Å². The van der Waals surface area contributed by atoms with Crippen LogP contribution < -0.4 is 10.6 Å². The molecule has 1 atom stereocenters. The third kappa shape index (κ3) is 4.17. The van der Waals surface area contributed by atoms with Crippen LogP contribution in [0, 0.1) is 0 Å². The van der Waals surface area contributed by atoms with E-state index in [9.17, 15) is 4.79 Å². The molecule has 6 heteroatoms. The van der Waals surface area contributed by atoms with E-state index < -0.39 is 0 Å². The van der Waals surface area contributed by atoms with Gasteiger partial charge in [-0.1, -0.05) is 0 Å². The summed E-state index contributed by atoms with van der Waals surface area (Å²) in [5.74, 6) is 0.457. The molecule has 0 bridgehead atoms. The van der Waals surface area contributed by atoms with Gasteiger partial charge in [0, 0.05) is 20.2 Å². The van der Waals surface area contributed by atoms with E-state index >= 15 is 0 Å². The molecule has 0 saturated carbocycles. The summed E-state index contributed by atoms with van der Waals surface area (Å²) in [6, 6.07) is 3.42. The van der Waals surface area contributed by atoms with Crippen LogP contribution in [0.5, 0.6) is 0 Å². The summed E-state index contributed by atoms with van der Waals surface area (Å²) in [7, 11) is 1.57. The molecule has 1 aliphatic rings. The van der Waals surface area contributed by atoms with Gasteiger partial charge in [0.05, 0.1) is 6.10 Å². The number of amides is 1. The zero-order chi connectivity index (χ0) is 13.5. The minimum Gasteiger partial charge on any atom is -0.378 e. The van der Waals surface area contributed by atoms with Crippen LogP contribution in [0.2, 0.25) is 0 Å². The van der Waals surface area contributed by atoms with Crippen LogP contribution in [0.25, 0.3) is 0 Å². The lowest BCUT2D eigenvalue weighted by Crippen LogP contribution is -2.22. The van der Waals surface area contributed by atoms with Gasteiger partial charge in [0.25, 0.3) is 5.91 Å². The fourth-order valence-electron chi connectivity index (χ4n) is 2.07. The monoisotopic (exact) mass is 264 g/mol. The number of nitrogens with one attached hydrogen (secondary N) is 2. The normalized spacial score (nSPS) is 18.9. The Balaban J connectivity index is 1.75. The van der Waals surface area contributed by atoms with Crippen LogP contribution in [0.15, 0.2) is 12.1 Å². The Morgan fingerprint density at radius 1 is 1.42 bits per heavy atom. The maximum absolute atomic E-state index is 11.3. The average molecular weight is 264 g/mol. The van der Waals surface area contributed by atoms with E-state index in [1.165, 1.54) is 12.8 Å². The standard InChI is InChI=1S/C13H20N4O2/c1-14-13(18)11-5-6-12(17-16-11)15-8-7-10-4-2-3-9-19-10/h5-6,10H,2-4,7-9H2,1H3,(H,14,18)(H,15,17). The zero-order valence-electron chi connectivity index (χ0n) is 11.2. The van der Waals surface area contributed by atoms with Crippen LogP contribution in [0.3, 0.4) is 0 Å². The Morgan fingerprint density at radius 2 is 2.32 bits per heavy atom. The van der Waals surface area contributed by atoms with Crippen molar-refractivity contribution >= 4 is 11.7 Å². The van der Waals surface area contributed by atoms with Gasteiger partial charge in [-0.25, -0.2) is 0 Å². The number of rotatable bonds is 5. The smallest absolute Gasteiger partial charge is 0.271 e. The lowest BCUT2D eigenvalue weighted by atomic mass is 10.1. The number of aromatic nitrogens is 2. The van der Waals surface area contributed by atoms with Crippen molar-refractivity contribution in [2.75, 3.05) is 25.5 Å². The molecule has 1 saturated heterocycles. The summed E-state index contributed by atoms with van der Waals surface area (Å²) < 4.78 is 5.65. The Labute approximate surface area is 112 Å². The van der Waals surface area contributed by atoms with E-state index in [0.717, 1.165) is 26.0 Å². The first-order valence-electron chi connectivity index (χ1n) is 6.71. The highest BCUT2D eigenvalue weighted by atomic mass is 16.5. The molecular formula is C13H20N4O2. The second-order valence-corrected chi connectivity index (χ2v) is 4.59. The topological polar surface area (TPSA) is 76.1 Å². The highest BCUT2D eigenvalue weighted by Gasteiger charge is 2.13. The SMILES string of the molecule is CNC(=O)c1ccc(NCCC2CCCCO2)nn1. The molecule has 2 N–H and O–H groups in total. The fourth-order valence-corrected chi connectivity index (χ4v) is 2.07. The number of hydrogen-bond donors (Lipinski definition) is 2. The largest absolute Gasteiger partial charge is 0.378 e. The van der Waals surface area contributed by atoms with Crippen LogP contribution in [0.1, 0.15) is 36.2 Å². The molecule has 1 amide bonds. The maximum atomic E-state index is 11.3. The second kappa shape index (κ2) is 7.04. The lowest BCUT2D eigenvalue weighted by molar-refractivity contribution is 0.0134. The quantitative estimate of drug-likeness (QED) is 0.836. The number of anilines is 1. The molecule has 2 rings (SSSR count). The molecule has 19 heavy (non-hydrogen) atoms. The van der Waals surface area contributed by atoms with Crippen molar-refractivity contribution in [3.63, 3.8) is 0 Å². The van der Waals surface area contributed by atoms with Crippen LogP contribution in [-0.2, 0) is 4.74 Å². The predicted octanol–water partition coefficient (Wildman–Crippen LogP) is 1.21. The van der Waals surface area contributed by atoms with Gasteiger partial charge < -0.3 is 15.4 Å². The van der Waals surface area contributed by atoms with Gasteiger partial charge in [-0.3, -0.25) is 4.79 Å². The molecule has 104 valence electrons. The van der Waals surface area contributed by atoms with Gasteiger partial charge >= 0.3 is 0 Å². The van der Waals surface area contributed by atoms with Crippen molar-refractivity contribution in [2.45, 2.75) is 31.8 Å². The van der Waals surface area contributed by atoms with Crippen molar-refractivity contribution in [2.24, 2.45) is 0 Å². The zero-order valence-corrected chi connectivity index (χ0v) is 11.2. The van der Waals surface area contributed by atoms with Crippen LogP contribution >= 0.6 is 0 Å². The first-order valence-corrected chi connectivity index (χ1v) is 6.71. The molecule has 0 spiro atoms. The van der Waals surface area contributed by atoms with E-state index in [0.29, 0.717) is 17.6 Å². The maximum Gasteiger partial charge on any atom is 0.271 e. The van der Waals surface area contributed by atoms with Crippen LogP contribution in [0.4, 0.5) is 5.82 Å². The molecule has 1 aromatic rings. The summed E-state index contributed by atoms with van der Waals surface area (Å²) in [5.41, 5.74) is 0.323. The first kappa shape index (κ1) is 13.7. The van der Waals surface area contributed by atoms with Crippen molar-refractivity contribution in [3.05, 3.63) is 17.8 Å². The number of carbonyl (C=O) groups excluding carboxylic acids is 1.